The second-order valence-corrected chi connectivity index (χ2v) is 8.48. The van der Waals surface area contributed by atoms with Gasteiger partial charge in [-0.15, -0.1) is 0 Å². The Morgan fingerprint density at radius 3 is 2.64 bits per heavy atom. The normalized spacial score (nSPS) is 11.8. The molecule has 0 fully saturated rings. The van der Waals surface area contributed by atoms with E-state index in [1.165, 1.54) is 13.2 Å². The molecule has 0 radical (unpaired) electrons. The Labute approximate surface area is 203 Å². The lowest BCUT2D eigenvalue weighted by molar-refractivity contribution is 0.0594. The van der Waals surface area contributed by atoms with Crippen molar-refractivity contribution in [1.82, 2.24) is 9.55 Å². The maximum atomic E-state index is 14.2. The van der Waals surface area contributed by atoms with Gasteiger partial charge in [-0.2, -0.15) is 0 Å². The van der Waals surface area contributed by atoms with E-state index in [0.29, 0.717) is 17.1 Å². The molecule has 1 atom stereocenters. The highest BCUT2D eigenvalue weighted by atomic mass is 79.9. The molecular weight excluding hydrogens is 511 g/mol. The van der Waals surface area contributed by atoms with Crippen molar-refractivity contribution in [2.45, 2.75) is 12.5 Å². The number of carbonyl (C=O) groups is 1. The van der Waals surface area contributed by atoms with Gasteiger partial charge in [-0.05, 0) is 55.5 Å². The molecule has 2 aromatic heterocycles. The molecule has 2 heterocycles. The van der Waals surface area contributed by atoms with Gasteiger partial charge in [0.1, 0.15) is 17.4 Å². The first-order valence-electron chi connectivity index (χ1n) is 9.98. The predicted molar refractivity (Wildman–Crippen MR) is 128 cm³/mol. The van der Waals surface area contributed by atoms with Gasteiger partial charge in [0.15, 0.2) is 5.69 Å². The van der Waals surface area contributed by atoms with E-state index in [1.807, 2.05) is 35.8 Å². The van der Waals surface area contributed by atoms with Crippen LogP contribution < -0.4 is 4.74 Å². The zero-order valence-corrected chi connectivity index (χ0v) is 20.1. The molecule has 0 saturated heterocycles. The summed E-state index contributed by atoms with van der Waals surface area (Å²) in [5.41, 5.74) is 1.77. The standard InChI is InChI=1S/C25H19BrClFN2O3/c1-15-10-12-21(30(15)23-9-5-8-20(29-23)25(31)32-2)18-14-16(26)11-13-22(18)33-24(27)17-6-3-4-7-19(17)28/h3-14,24H,1-2H3. The molecule has 168 valence electrons. The van der Waals surface area contributed by atoms with E-state index in [-0.39, 0.29) is 11.3 Å². The van der Waals surface area contributed by atoms with Gasteiger partial charge in [-0.3, -0.25) is 4.57 Å². The Kier molecular flexibility index (Phi) is 6.81. The average molecular weight is 530 g/mol. The molecule has 0 aliphatic rings. The monoisotopic (exact) mass is 528 g/mol. The molecule has 0 bridgehead atoms. The smallest absolute Gasteiger partial charge is 0.356 e. The van der Waals surface area contributed by atoms with Crippen LogP contribution in [-0.2, 0) is 4.74 Å². The third-order valence-corrected chi connectivity index (χ3v) is 5.85. The summed E-state index contributed by atoms with van der Waals surface area (Å²) < 4.78 is 27.7. The lowest BCUT2D eigenvalue weighted by Gasteiger charge is -2.19. The molecule has 0 aliphatic heterocycles. The number of ether oxygens (including phenoxy) is 2. The fourth-order valence-corrected chi connectivity index (χ4v) is 4.09. The second-order valence-electron chi connectivity index (χ2n) is 7.16. The zero-order chi connectivity index (χ0) is 23.5. The van der Waals surface area contributed by atoms with Gasteiger partial charge in [0.2, 0.25) is 5.56 Å². The topological polar surface area (TPSA) is 53.4 Å². The summed E-state index contributed by atoms with van der Waals surface area (Å²) >= 11 is 9.94. The van der Waals surface area contributed by atoms with Crippen LogP contribution in [0.5, 0.6) is 5.75 Å². The number of aromatic nitrogens is 2. The SMILES string of the molecule is COC(=O)c1cccc(-n2c(C)ccc2-c2cc(Br)ccc2OC(Cl)c2ccccc2F)n1. The van der Waals surface area contributed by atoms with Gasteiger partial charge in [-0.25, -0.2) is 14.2 Å². The van der Waals surface area contributed by atoms with Crippen molar-refractivity contribution < 1.29 is 18.7 Å². The number of methoxy groups -OCH3 is 1. The third kappa shape index (κ3) is 4.79. The summed E-state index contributed by atoms with van der Waals surface area (Å²) in [6, 6.07) is 20.7. The van der Waals surface area contributed by atoms with E-state index >= 15 is 0 Å². The van der Waals surface area contributed by atoms with Crippen molar-refractivity contribution in [2.24, 2.45) is 0 Å². The molecule has 0 spiro atoms. The van der Waals surface area contributed by atoms with E-state index in [9.17, 15) is 9.18 Å². The Morgan fingerprint density at radius 1 is 1.09 bits per heavy atom. The van der Waals surface area contributed by atoms with Gasteiger partial charge < -0.3 is 9.47 Å². The van der Waals surface area contributed by atoms with E-state index in [4.69, 9.17) is 21.1 Å². The number of aryl methyl sites for hydroxylation is 1. The molecule has 0 aliphatic carbocycles. The van der Waals surface area contributed by atoms with E-state index in [0.717, 1.165) is 15.9 Å². The molecule has 4 aromatic rings. The van der Waals surface area contributed by atoms with Crippen LogP contribution >= 0.6 is 27.5 Å². The number of rotatable bonds is 6. The van der Waals surface area contributed by atoms with Crippen molar-refractivity contribution in [1.29, 1.82) is 0 Å². The molecule has 2 aromatic carbocycles. The number of esters is 1. The molecule has 0 saturated carbocycles. The average Bonchev–Trinajstić information content (AvgIpc) is 3.21. The lowest BCUT2D eigenvalue weighted by Crippen LogP contribution is -2.09. The van der Waals surface area contributed by atoms with Crippen molar-refractivity contribution in [3.05, 3.63) is 100 Å². The van der Waals surface area contributed by atoms with E-state index in [2.05, 4.69) is 20.9 Å². The Hall–Kier alpha value is -3.16. The summed E-state index contributed by atoms with van der Waals surface area (Å²) in [4.78, 5) is 16.5. The number of carbonyl (C=O) groups excluding carboxylic acids is 1. The third-order valence-electron chi connectivity index (χ3n) is 5.03. The maximum Gasteiger partial charge on any atom is 0.356 e. The van der Waals surface area contributed by atoms with Crippen molar-refractivity contribution in [3.63, 3.8) is 0 Å². The van der Waals surface area contributed by atoms with Crippen molar-refractivity contribution >= 4 is 33.5 Å². The molecule has 8 heteroatoms. The maximum absolute atomic E-state index is 14.2. The summed E-state index contributed by atoms with van der Waals surface area (Å²) in [7, 11) is 1.31. The van der Waals surface area contributed by atoms with Gasteiger partial charge in [0, 0.05) is 21.3 Å². The fraction of sp³-hybridized carbons (Fsp3) is 0.120. The first kappa shape index (κ1) is 23.0. The molecule has 1 unspecified atom stereocenters. The molecule has 0 amide bonds. The van der Waals surface area contributed by atoms with Gasteiger partial charge in [-0.1, -0.05) is 51.8 Å². The number of hydrogen-bond acceptors (Lipinski definition) is 4. The summed E-state index contributed by atoms with van der Waals surface area (Å²) in [6.45, 7) is 1.93. The Bertz CT molecular complexity index is 1320. The second kappa shape index (κ2) is 9.77. The zero-order valence-electron chi connectivity index (χ0n) is 17.8. The quantitative estimate of drug-likeness (QED) is 0.202. The highest BCUT2D eigenvalue weighted by molar-refractivity contribution is 9.10. The molecule has 0 N–H and O–H groups in total. The molecule has 5 nitrogen and oxygen atoms in total. The Morgan fingerprint density at radius 2 is 1.88 bits per heavy atom. The molecular formula is C25H19BrClFN2O3. The van der Waals surface area contributed by atoms with Crippen LogP contribution in [0.4, 0.5) is 4.39 Å². The number of alkyl halides is 1. The van der Waals surface area contributed by atoms with Gasteiger partial charge in [0.05, 0.1) is 12.8 Å². The summed E-state index contributed by atoms with van der Waals surface area (Å²) in [6.07, 6.45) is 0. The highest BCUT2D eigenvalue weighted by Crippen LogP contribution is 2.38. The number of pyridine rings is 1. The number of halogens is 3. The predicted octanol–water partition coefficient (Wildman–Crippen LogP) is 6.85. The van der Waals surface area contributed by atoms with E-state index < -0.39 is 17.3 Å². The summed E-state index contributed by atoms with van der Waals surface area (Å²) in [5.74, 6) is 0.0338. The van der Waals surface area contributed by atoms with Gasteiger partial charge in [0.25, 0.3) is 0 Å². The first-order valence-corrected chi connectivity index (χ1v) is 11.2. The molecule has 4 rings (SSSR count). The first-order chi connectivity index (χ1) is 15.9. The highest BCUT2D eigenvalue weighted by Gasteiger charge is 2.20. The lowest BCUT2D eigenvalue weighted by atomic mass is 10.1. The number of benzene rings is 2. The minimum Gasteiger partial charge on any atom is -0.469 e. The summed E-state index contributed by atoms with van der Waals surface area (Å²) in [5, 5.41) is 0. The van der Waals surface area contributed by atoms with Crippen LogP contribution in [0.15, 0.2) is 77.3 Å². The van der Waals surface area contributed by atoms with Crippen LogP contribution in [-0.4, -0.2) is 22.6 Å². The van der Waals surface area contributed by atoms with Crippen LogP contribution in [0, 0.1) is 12.7 Å². The van der Waals surface area contributed by atoms with Gasteiger partial charge >= 0.3 is 5.97 Å². The number of hydrogen-bond donors (Lipinski definition) is 0. The van der Waals surface area contributed by atoms with Crippen LogP contribution in [0.25, 0.3) is 17.1 Å². The van der Waals surface area contributed by atoms with Crippen LogP contribution in [0.1, 0.15) is 27.3 Å². The molecule has 33 heavy (non-hydrogen) atoms. The van der Waals surface area contributed by atoms with Crippen LogP contribution in [0.3, 0.4) is 0 Å². The number of nitrogens with zero attached hydrogens (tertiary/aromatic N) is 2. The fourth-order valence-electron chi connectivity index (χ4n) is 3.46. The minimum absolute atomic E-state index is 0.195. The van der Waals surface area contributed by atoms with E-state index in [1.54, 1.807) is 42.5 Å². The minimum atomic E-state index is -1.03. The van der Waals surface area contributed by atoms with Crippen molar-refractivity contribution in [3.8, 4) is 22.8 Å². The Balaban J connectivity index is 1.80. The largest absolute Gasteiger partial charge is 0.469 e. The van der Waals surface area contributed by atoms with Crippen LogP contribution in [0.2, 0.25) is 0 Å². The van der Waals surface area contributed by atoms with Crippen molar-refractivity contribution in [2.75, 3.05) is 7.11 Å².